The van der Waals surface area contributed by atoms with E-state index in [1.54, 1.807) is 13.8 Å². The van der Waals surface area contributed by atoms with E-state index < -0.39 is 0 Å². The van der Waals surface area contributed by atoms with Crippen molar-refractivity contribution in [3.63, 3.8) is 0 Å². The van der Waals surface area contributed by atoms with Crippen LogP contribution in [0.3, 0.4) is 0 Å². The molecule has 0 aliphatic heterocycles. The second-order valence-electron chi connectivity index (χ2n) is 8.14. The number of carbonyl (C=O) groups is 1. The molecule has 0 radical (unpaired) electrons. The lowest BCUT2D eigenvalue weighted by Crippen LogP contribution is -2.28. The molecule has 1 aromatic heterocycles. The Bertz CT molecular complexity index is 961. The number of ether oxygens (including phenoxy) is 1. The monoisotopic (exact) mass is 395 g/mol. The largest absolute Gasteiger partial charge is 0.492 e. The van der Waals surface area contributed by atoms with Gasteiger partial charge in [-0.2, -0.15) is 5.26 Å². The zero-order chi connectivity index (χ0) is 21.6. The fourth-order valence-corrected chi connectivity index (χ4v) is 3.16. The molecule has 0 saturated carbocycles. The smallest absolute Gasteiger partial charge is 0.266 e. The van der Waals surface area contributed by atoms with Gasteiger partial charge in [-0.1, -0.05) is 32.9 Å². The number of nitrogens with one attached hydrogen (secondary N) is 2. The summed E-state index contributed by atoms with van der Waals surface area (Å²) in [6, 6.07) is 9.92. The van der Waals surface area contributed by atoms with Crippen molar-refractivity contribution in [3.8, 4) is 11.8 Å². The number of nitriles is 1. The molecule has 29 heavy (non-hydrogen) atoms. The molecular weight excluding hydrogens is 366 g/mol. The van der Waals surface area contributed by atoms with Gasteiger partial charge in [-0.15, -0.1) is 0 Å². The summed E-state index contributed by atoms with van der Waals surface area (Å²) in [4.78, 5) is 26.6. The Balaban J connectivity index is 1.80. The molecule has 0 fully saturated rings. The van der Waals surface area contributed by atoms with Crippen LogP contribution in [0.5, 0.6) is 5.75 Å². The minimum absolute atomic E-state index is 0.0970. The van der Waals surface area contributed by atoms with Crippen LogP contribution in [0, 0.1) is 25.2 Å². The van der Waals surface area contributed by atoms with Crippen LogP contribution in [-0.2, 0) is 16.6 Å². The number of rotatable bonds is 7. The van der Waals surface area contributed by atoms with Crippen molar-refractivity contribution < 1.29 is 9.53 Å². The molecule has 0 bridgehead atoms. The minimum Gasteiger partial charge on any atom is -0.492 e. The first kappa shape index (κ1) is 22.2. The number of hydrogen-bond acceptors (Lipinski definition) is 4. The predicted octanol–water partition coefficient (Wildman–Crippen LogP) is 3.29. The van der Waals surface area contributed by atoms with Crippen molar-refractivity contribution in [2.45, 2.75) is 52.9 Å². The number of nitrogens with zero attached hydrogens (tertiary/aromatic N) is 1. The van der Waals surface area contributed by atoms with Crippen molar-refractivity contribution in [3.05, 3.63) is 62.6 Å². The summed E-state index contributed by atoms with van der Waals surface area (Å²) in [7, 11) is 0. The summed E-state index contributed by atoms with van der Waals surface area (Å²) in [6.07, 6.45) is 0.739. The molecule has 1 aromatic carbocycles. The lowest BCUT2D eigenvalue weighted by molar-refractivity contribution is -0.121. The summed E-state index contributed by atoms with van der Waals surface area (Å²) in [5.41, 5.74) is 3.24. The van der Waals surface area contributed by atoms with Gasteiger partial charge in [0.15, 0.2) is 0 Å². The Labute approximate surface area is 171 Å². The van der Waals surface area contributed by atoms with Crippen molar-refractivity contribution in [2.24, 2.45) is 0 Å². The van der Waals surface area contributed by atoms with Crippen molar-refractivity contribution in [2.75, 3.05) is 13.2 Å². The van der Waals surface area contributed by atoms with Gasteiger partial charge in [0.05, 0.1) is 6.54 Å². The van der Waals surface area contributed by atoms with Gasteiger partial charge in [-0.25, -0.2) is 0 Å². The highest BCUT2D eigenvalue weighted by molar-refractivity contribution is 5.76. The number of carbonyl (C=O) groups excluding carboxylic acids is 1. The molecular formula is C23H29N3O3. The average Bonchev–Trinajstić information content (AvgIpc) is 2.65. The van der Waals surface area contributed by atoms with Crippen LogP contribution in [0.4, 0.5) is 0 Å². The number of aromatic amines is 1. The number of benzene rings is 1. The molecule has 6 nitrogen and oxygen atoms in total. The van der Waals surface area contributed by atoms with E-state index in [2.05, 4.69) is 43.2 Å². The molecule has 6 heteroatoms. The second kappa shape index (κ2) is 9.42. The number of hydrogen-bond donors (Lipinski definition) is 2. The first-order valence-corrected chi connectivity index (χ1v) is 9.76. The number of aromatic nitrogens is 1. The van der Waals surface area contributed by atoms with E-state index in [0.29, 0.717) is 30.8 Å². The fourth-order valence-electron chi connectivity index (χ4n) is 3.16. The molecule has 0 saturated heterocycles. The minimum atomic E-state index is -0.386. The Kier molecular flexibility index (Phi) is 7.22. The number of amides is 1. The van der Waals surface area contributed by atoms with Gasteiger partial charge < -0.3 is 15.0 Å². The number of pyridine rings is 1. The van der Waals surface area contributed by atoms with Crippen LogP contribution in [0.2, 0.25) is 0 Å². The van der Waals surface area contributed by atoms with Gasteiger partial charge in [-0.05, 0) is 54.5 Å². The van der Waals surface area contributed by atoms with E-state index in [-0.39, 0.29) is 28.9 Å². The normalized spacial score (nSPS) is 11.0. The molecule has 0 aliphatic carbocycles. The topological polar surface area (TPSA) is 95.0 Å². The Morgan fingerprint density at radius 3 is 2.45 bits per heavy atom. The summed E-state index contributed by atoms with van der Waals surface area (Å²) in [6.45, 7) is 10.8. The maximum atomic E-state index is 12.1. The van der Waals surface area contributed by atoms with Crippen molar-refractivity contribution in [1.29, 1.82) is 5.26 Å². The van der Waals surface area contributed by atoms with Gasteiger partial charge in [0.2, 0.25) is 5.91 Å². The Morgan fingerprint density at radius 2 is 1.86 bits per heavy atom. The highest BCUT2D eigenvalue weighted by Gasteiger charge is 2.14. The van der Waals surface area contributed by atoms with E-state index in [0.717, 1.165) is 11.3 Å². The molecule has 2 aromatic rings. The number of aryl methyl sites for hydroxylation is 1. The number of H-pyrrole nitrogens is 1. The average molecular weight is 396 g/mol. The van der Waals surface area contributed by atoms with Crippen LogP contribution >= 0.6 is 0 Å². The van der Waals surface area contributed by atoms with Gasteiger partial charge >= 0.3 is 0 Å². The molecule has 0 aliphatic rings. The van der Waals surface area contributed by atoms with Gasteiger partial charge in [0, 0.05) is 12.1 Å². The highest BCUT2D eigenvalue weighted by atomic mass is 16.5. The van der Waals surface area contributed by atoms with Gasteiger partial charge in [-0.3, -0.25) is 9.59 Å². The maximum absolute atomic E-state index is 12.1. The summed E-state index contributed by atoms with van der Waals surface area (Å²) in [5, 5.41) is 12.0. The fraction of sp³-hybridized carbons (Fsp3) is 0.435. The Hall–Kier alpha value is -3.07. The van der Waals surface area contributed by atoms with Crippen LogP contribution in [0.1, 0.15) is 55.1 Å². The zero-order valence-electron chi connectivity index (χ0n) is 17.8. The Morgan fingerprint density at radius 1 is 1.21 bits per heavy atom. The van der Waals surface area contributed by atoms with E-state index in [1.807, 2.05) is 18.2 Å². The third-order valence-electron chi connectivity index (χ3n) is 4.94. The van der Waals surface area contributed by atoms with E-state index in [9.17, 15) is 9.59 Å². The predicted molar refractivity (Wildman–Crippen MR) is 113 cm³/mol. The zero-order valence-corrected chi connectivity index (χ0v) is 17.8. The summed E-state index contributed by atoms with van der Waals surface area (Å²) in [5.74, 6) is 0.677. The molecule has 154 valence electrons. The molecule has 1 heterocycles. The second-order valence-corrected chi connectivity index (χ2v) is 8.14. The van der Waals surface area contributed by atoms with Gasteiger partial charge in [0.25, 0.3) is 5.56 Å². The standard InChI is InChI=1S/C23H29N3O3/c1-15-19(16(2)26-22(28)20(15)14-24)10-11-21(27)25-12-13-29-18-8-6-17(7-9-18)23(3,4)5/h6-9H,10-13H2,1-5H3,(H,25,27)(H,26,28). The van der Waals surface area contributed by atoms with Crippen LogP contribution < -0.4 is 15.6 Å². The molecule has 1 amide bonds. The summed E-state index contributed by atoms with van der Waals surface area (Å²) >= 11 is 0. The molecule has 0 unspecified atom stereocenters. The molecule has 0 atom stereocenters. The molecule has 2 rings (SSSR count). The lowest BCUT2D eigenvalue weighted by atomic mass is 9.87. The quantitative estimate of drug-likeness (QED) is 0.703. The van der Waals surface area contributed by atoms with E-state index >= 15 is 0 Å². The SMILES string of the molecule is Cc1[nH]c(=O)c(C#N)c(C)c1CCC(=O)NCCOc1ccc(C(C)(C)C)cc1. The van der Waals surface area contributed by atoms with Crippen LogP contribution in [0.15, 0.2) is 29.1 Å². The third kappa shape index (κ3) is 5.95. The van der Waals surface area contributed by atoms with Gasteiger partial charge in [0.1, 0.15) is 24.0 Å². The van der Waals surface area contributed by atoms with Crippen molar-refractivity contribution in [1.82, 2.24) is 10.3 Å². The van der Waals surface area contributed by atoms with Crippen molar-refractivity contribution >= 4 is 5.91 Å². The van der Waals surface area contributed by atoms with Crippen LogP contribution in [-0.4, -0.2) is 24.0 Å². The van der Waals surface area contributed by atoms with E-state index in [1.165, 1.54) is 5.56 Å². The first-order valence-electron chi connectivity index (χ1n) is 9.76. The van der Waals surface area contributed by atoms with E-state index in [4.69, 9.17) is 10.00 Å². The third-order valence-corrected chi connectivity index (χ3v) is 4.94. The lowest BCUT2D eigenvalue weighted by Gasteiger charge is -2.19. The maximum Gasteiger partial charge on any atom is 0.266 e. The molecule has 2 N–H and O–H groups in total. The van der Waals surface area contributed by atoms with Crippen LogP contribution in [0.25, 0.3) is 0 Å². The summed E-state index contributed by atoms with van der Waals surface area (Å²) < 4.78 is 5.68. The first-order chi connectivity index (χ1) is 13.6. The molecule has 0 spiro atoms. The highest BCUT2D eigenvalue weighted by Crippen LogP contribution is 2.24.